The summed E-state index contributed by atoms with van der Waals surface area (Å²) in [6, 6.07) is 14.8. The minimum Gasteiger partial charge on any atom is -0.301 e. The van der Waals surface area contributed by atoms with Crippen LogP contribution in [0.5, 0.6) is 0 Å². The second-order valence-electron chi connectivity index (χ2n) is 3.65. The molecule has 0 heterocycles. The first-order chi connectivity index (χ1) is 9.16. The van der Waals surface area contributed by atoms with Crippen LogP contribution < -0.4 is 4.72 Å². The van der Waals surface area contributed by atoms with Crippen molar-refractivity contribution in [2.24, 2.45) is 0 Å². The Hall–Kier alpha value is -1.32. The van der Waals surface area contributed by atoms with Crippen LogP contribution >= 0.6 is 11.6 Å². The maximum absolute atomic E-state index is 12.1. The molecule has 0 saturated heterocycles. The Bertz CT molecular complexity index is 543. The second kappa shape index (κ2) is 7.97. The standard InChI is InChI=1S/C13H12ClNOS.C2H6/c1-10-9-11(14)7-8-13(10)17(16)15-12-5-3-2-4-6-12;1-2/h2-9,15H,1H3;1-2H3. The SMILES string of the molecule is CC.Cc1cc(Cl)ccc1S(=O)Nc1ccccc1. The summed E-state index contributed by atoms with van der Waals surface area (Å²) in [5.74, 6) is 0. The molecular weight excluding hydrogens is 278 g/mol. The van der Waals surface area contributed by atoms with Gasteiger partial charge in [-0.3, -0.25) is 0 Å². The zero-order chi connectivity index (χ0) is 14.3. The lowest BCUT2D eigenvalue weighted by molar-refractivity contribution is 0.686. The van der Waals surface area contributed by atoms with Gasteiger partial charge in [0.05, 0.1) is 4.90 Å². The fourth-order valence-corrected chi connectivity index (χ4v) is 2.72. The molecule has 0 fully saturated rings. The average Bonchev–Trinajstić information content (AvgIpc) is 2.42. The number of hydrogen-bond acceptors (Lipinski definition) is 1. The van der Waals surface area contributed by atoms with Crippen LogP contribution in [0.2, 0.25) is 5.02 Å². The van der Waals surface area contributed by atoms with E-state index in [-0.39, 0.29) is 0 Å². The van der Waals surface area contributed by atoms with Gasteiger partial charge in [0, 0.05) is 10.7 Å². The zero-order valence-electron chi connectivity index (χ0n) is 11.3. The summed E-state index contributed by atoms with van der Waals surface area (Å²) >= 11 is 5.86. The average molecular weight is 296 g/mol. The van der Waals surface area contributed by atoms with Crippen LogP contribution in [0.15, 0.2) is 53.4 Å². The molecule has 0 aliphatic heterocycles. The van der Waals surface area contributed by atoms with Gasteiger partial charge in [-0.1, -0.05) is 43.6 Å². The first-order valence-corrected chi connectivity index (χ1v) is 7.69. The molecule has 0 aromatic heterocycles. The van der Waals surface area contributed by atoms with Gasteiger partial charge >= 0.3 is 0 Å². The Kier molecular flexibility index (Phi) is 6.60. The van der Waals surface area contributed by atoms with E-state index in [1.54, 1.807) is 12.1 Å². The lowest BCUT2D eigenvalue weighted by Crippen LogP contribution is -2.06. The van der Waals surface area contributed by atoms with E-state index in [1.165, 1.54) is 0 Å². The van der Waals surface area contributed by atoms with Gasteiger partial charge in [0.2, 0.25) is 0 Å². The predicted octanol–water partition coefficient (Wildman–Crippen LogP) is 4.81. The molecule has 1 unspecified atom stereocenters. The zero-order valence-corrected chi connectivity index (χ0v) is 12.9. The van der Waals surface area contributed by atoms with Crippen molar-refractivity contribution < 1.29 is 4.21 Å². The van der Waals surface area contributed by atoms with Crippen molar-refractivity contribution in [1.29, 1.82) is 0 Å². The summed E-state index contributed by atoms with van der Waals surface area (Å²) in [6.07, 6.45) is 0. The van der Waals surface area contributed by atoms with Gasteiger partial charge in [0.25, 0.3) is 0 Å². The van der Waals surface area contributed by atoms with Crippen molar-refractivity contribution in [2.45, 2.75) is 25.7 Å². The maximum atomic E-state index is 12.1. The number of para-hydroxylation sites is 1. The van der Waals surface area contributed by atoms with Gasteiger partial charge in [0.15, 0.2) is 11.0 Å². The summed E-state index contributed by atoms with van der Waals surface area (Å²) in [5.41, 5.74) is 1.75. The van der Waals surface area contributed by atoms with Crippen LogP contribution in [-0.2, 0) is 11.0 Å². The molecule has 1 atom stereocenters. The fraction of sp³-hybridized carbons (Fsp3) is 0.200. The Morgan fingerprint density at radius 1 is 1.05 bits per heavy atom. The minimum atomic E-state index is -1.26. The topological polar surface area (TPSA) is 29.1 Å². The Balaban J connectivity index is 0.000000861. The second-order valence-corrected chi connectivity index (χ2v) is 5.26. The molecule has 0 aliphatic carbocycles. The van der Waals surface area contributed by atoms with Crippen LogP contribution in [0.25, 0.3) is 0 Å². The lowest BCUT2D eigenvalue weighted by Gasteiger charge is -2.08. The number of rotatable bonds is 3. The third-order valence-electron chi connectivity index (χ3n) is 2.32. The van der Waals surface area contributed by atoms with E-state index in [0.717, 1.165) is 16.1 Å². The Morgan fingerprint density at radius 3 is 2.26 bits per heavy atom. The highest BCUT2D eigenvalue weighted by molar-refractivity contribution is 7.86. The molecule has 2 aromatic rings. The molecule has 2 nitrogen and oxygen atoms in total. The molecule has 0 aliphatic rings. The molecule has 102 valence electrons. The summed E-state index contributed by atoms with van der Waals surface area (Å²) in [5, 5.41) is 0.656. The molecule has 1 N–H and O–H groups in total. The van der Waals surface area contributed by atoms with Crippen molar-refractivity contribution in [2.75, 3.05) is 4.72 Å². The minimum absolute atomic E-state index is 0.656. The number of anilines is 1. The van der Waals surface area contributed by atoms with Crippen LogP contribution in [0.1, 0.15) is 19.4 Å². The van der Waals surface area contributed by atoms with Crippen molar-refractivity contribution in [3.8, 4) is 0 Å². The molecule has 0 bridgehead atoms. The van der Waals surface area contributed by atoms with E-state index in [9.17, 15) is 4.21 Å². The largest absolute Gasteiger partial charge is 0.301 e. The molecule has 0 saturated carbocycles. The summed E-state index contributed by atoms with van der Waals surface area (Å²) in [4.78, 5) is 0.748. The monoisotopic (exact) mass is 295 g/mol. The van der Waals surface area contributed by atoms with Gasteiger partial charge < -0.3 is 4.72 Å². The molecule has 0 spiro atoms. The Morgan fingerprint density at radius 2 is 1.68 bits per heavy atom. The first-order valence-electron chi connectivity index (χ1n) is 6.16. The fourth-order valence-electron chi connectivity index (χ4n) is 1.49. The highest BCUT2D eigenvalue weighted by atomic mass is 35.5. The van der Waals surface area contributed by atoms with E-state index in [4.69, 9.17) is 11.6 Å². The van der Waals surface area contributed by atoms with Gasteiger partial charge in [0.1, 0.15) is 0 Å². The third-order valence-corrected chi connectivity index (χ3v) is 3.83. The molecule has 0 radical (unpaired) electrons. The van der Waals surface area contributed by atoms with E-state index in [1.807, 2.05) is 57.2 Å². The van der Waals surface area contributed by atoms with E-state index in [0.29, 0.717) is 5.02 Å². The highest BCUT2D eigenvalue weighted by Crippen LogP contribution is 2.19. The normalized spacial score (nSPS) is 11.2. The smallest absolute Gasteiger partial charge is 0.150 e. The van der Waals surface area contributed by atoms with Crippen molar-refractivity contribution >= 4 is 28.3 Å². The van der Waals surface area contributed by atoms with Gasteiger partial charge in [-0.25, -0.2) is 4.21 Å². The number of benzene rings is 2. The van der Waals surface area contributed by atoms with E-state index in [2.05, 4.69) is 4.72 Å². The van der Waals surface area contributed by atoms with Crippen LogP contribution in [0.3, 0.4) is 0 Å². The lowest BCUT2D eigenvalue weighted by atomic mass is 10.2. The van der Waals surface area contributed by atoms with Crippen LogP contribution in [0, 0.1) is 6.92 Å². The molecule has 0 amide bonds. The quantitative estimate of drug-likeness (QED) is 0.865. The molecule has 4 heteroatoms. The predicted molar refractivity (Wildman–Crippen MR) is 84.0 cm³/mol. The van der Waals surface area contributed by atoms with Gasteiger partial charge in [-0.15, -0.1) is 0 Å². The molecular formula is C15H18ClNOS. The molecule has 19 heavy (non-hydrogen) atoms. The van der Waals surface area contributed by atoms with Crippen LogP contribution in [-0.4, -0.2) is 4.21 Å². The van der Waals surface area contributed by atoms with Gasteiger partial charge in [-0.05, 0) is 42.8 Å². The highest BCUT2D eigenvalue weighted by Gasteiger charge is 2.07. The number of aryl methyl sites for hydroxylation is 1. The van der Waals surface area contributed by atoms with Crippen molar-refractivity contribution in [3.05, 3.63) is 59.1 Å². The van der Waals surface area contributed by atoms with Crippen molar-refractivity contribution in [3.63, 3.8) is 0 Å². The number of halogens is 1. The summed E-state index contributed by atoms with van der Waals surface area (Å²) < 4.78 is 15.1. The summed E-state index contributed by atoms with van der Waals surface area (Å²) in [7, 11) is -1.26. The third kappa shape index (κ3) is 4.69. The maximum Gasteiger partial charge on any atom is 0.150 e. The van der Waals surface area contributed by atoms with Crippen LogP contribution in [0.4, 0.5) is 5.69 Å². The first kappa shape index (κ1) is 15.7. The van der Waals surface area contributed by atoms with E-state index < -0.39 is 11.0 Å². The van der Waals surface area contributed by atoms with Gasteiger partial charge in [-0.2, -0.15) is 0 Å². The molecule has 2 aromatic carbocycles. The number of hydrogen-bond donors (Lipinski definition) is 1. The van der Waals surface area contributed by atoms with Crippen molar-refractivity contribution in [1.82, 2.24) is 0 Å². The Labute approximate surface area is 122 Å². The number of nitrogens with one attached hydrogen (secondary N) is 1. The molecule has 2 rings (SSSR count). The van der Waals surface area contributed by atoms with E-state index >= 15 is 0 Å². The summed E-state index contributed by atoms with van der Waals surface area (Å²) in [6.45, 7) is 5.89.